The van der Waals surface area contributed by atoms with E-state index in [0.29, 0.717) is 6.54 Å². The minimum absolute atomic E-state index is 0.604. The van der Waals surface area contributed by atoms with Crippen LogP contribution < -0.4 is 5.73 Å². The summed E-state index contributed by atoms with van der Waals surface area (Å²) < 4.78 is 0. The van der Waals surface area contributed by atoms with Gasteiger partial charge in [0.1, 0.15) is 0 Å². The Balaban J connectivity index is 2.61. The lowest BCUT2D eigenvalue weighted by molar-refractivity contribution is 1.07. The van der Waals surface area contributed by atoms with Crippen molar-refractivity contribution >= 4 is 11.3 Å². The lowest BCUT2D eigenvalue weighted by Gasteiger charge is -2.09. The summed E-state index contributed by atoms with van der Waals surface area (Å²) in [5.41, 5.74) is 10.8. The van der Waals surface area contributed by atoms with E-state index in [-0.39, 0.29) is 0 Å². The predicted octanol–water partition coefficient (Wildman–Crippen LogP) is 3.18. The summed E-state index contributed by atoms with van der Waals surface area (Å²) in [7, 11) is 0. The van der Waals surface area contributed by atoms with Gasteiger partial charge in [-0.2, -0.15) is 11.3 Å². The normalized spacial score (nSPS) is 10.4. The predicted molar refractivity (Wildman–Crippen MR) is 62.4 cm³/mol. The highest BCUT2D eigenvalue weighted by atomic mass is 32.1. The first kappa shape index (κ1) is 9.44. The fourth-order valence-electron chi connectivity index (χ4n) is 1.72. The molecule has 0 saturated carbocycles. The average molecular weight is 203 g/mol. The number of nitrogens with two attached hydrogens (primary N) is 1. The first-order valence-electron chi connectivity index (χ1n) is 4.64. The van der Waals surface area contributed by atoms with Crippen LogP contribution in [0.3, 0.4) is 0 Å². The summed E-state index contributed by atoms with van der Waals surface area (Å²) >= 11 is 1.72. The molecule has 0 aliphatic heterocycles. The molecule has 72 valence electrons. The molecule has 0 unspecified atom stereocenters. The van der Waals surface area contributed by atoms with Crippen LogP contribution in [-0.2, 0) is 6.54 Å². The summed E-state index contributed by atoms with van der Waals surface area (Å²) in [5.74, 6) is 0. The number of hydrogen-bond donors (Lipinski definition) is 1. The summed E-state index contributed by atoms with van der Waals surface area (Å²) in [6.45, 7) is 2.74. The number of benzene rings is 1. The Morgan fingerprint density at radius 2 is 2.14 bits per heavy atom. The van der Waals surface area contributed by atoms with E-state index in [1.54, 1.807) is 11.3 Å². The number of thiophene rings is 1. The second-order valence-electron chi connectivity index (χ2n) is 3.33. The minimum Gasteiger partial charge on any atom is -0.326 e. The molecule has 1 aromatic carbocycles. The van der Waals surface area contributed by atoms with Crippen LogP contribution in [0.2, 0.25) is 0 Å². The van der Waals surface area contributed by atoms with E-state index in [1.807, 2.05) is 0 Å². The smallest absolute Gasteiger partial charge is 0.0184 e. The fourth-order valence-corrected chi connectivity index (χ4v) is 2.37. The van der Waals surface area contributed by atoms with E-state index in [1.165, 1.54) is 22.3 Å². The van der Waals surface area contributed by atoms with Crippen LogP contribution in [-0.4, -0.2) is 0 Å². The summed E-state index contributed by atoms with van der Waals surface area (Å²) in [6, 6.07) is 8.44. The van der Waals surface area contributed by atoms with E-state index in [2.05, 4.69) is 41.9 Å². The van der Waals surface area contributed by atoms with Gasteiger partial charge in [-0.05, 0) is 46.0 Å². The molecule has 14 heavy (non-hydrogen) atoms. The monoisotopic (exact) mass is 203 g/mol. The van der Waals surface area contributed by atoms with Crippen molar-refractivity contribution in [3.05, 3.63) is 46.2 Å². The summed E-state index contributed by atoms with van der Waals surface area (Å²) in [4.78, 5) is 0. The maximum atomic E-state index is 5.73. The van der Waals surface area contributed by atoms with E-state index >= 15 is 0 Å². The summed E-state index contributed by atoms with van der Waals surface area (Å²) in [6.07, 6.45) is 0. The maximum absolute atomic E-state index is 5.73. The van der Waals surface area contributed by atoms with Gasteiger partial charge in [0.05, 0.1) is 0 Å². The van der Waals surface area contributed by atoms with Crippen molar-refractivity contribution < 1.29 is 0 Å². The topological polar surface area (TPSA) is 26.0 Å². The second kappa shape index (κ2) is 3.95. The van der Waals surface area contributed by atoms with Gasteiger partial charge in [-0.3, -0.25) is 0 Å². The first-order chi connectivity index (χ1) is 6.83. The van der Waals surface area contributed by atoms with Crippen LogP contribution in [0.4, 0.5) is 0 Å². The lowest BCUT2D eigenvalue weighted by Crippen LogP contribution is -1.99. The van der Waals surface area contributed by atoms with Crippen LogP contribution >= 0.6 is 11.3 Å². The van der Waals surface area contributed by atoms with Gasteiger partial charge < -0.3 is 5.73 Å². The van der Waals surface area contributed by atoms with Gasteiger partial charge in [-0.15, -0.1) is 0 Å². The highest BCUT2D eigenvalue weighted by Crippen LogP contribution is 2.28. The molecule has 2 heteroatoms. The third kappa shape index (κ3) is 1.59. The fraction of sp³-hybridized carbons (Fsp3) is 0.167. The molecule has 0 bridgehead atoms. The zero-order valence-corrected chi connectivity index (χ0v) is 8.97. The van der Waals surface area contributed by atoms with Crippen LogP contribution in [0, 0.1) is 6.92 Å². The molecule has 1 nitrogen and oxygen atoms in total. The third-order valence-electron chi connectivity index (χ3n) is 2.39. The standard InChI is InChI=1S/C12H13NS/c1-9-3-2-4-10(7-13)12(9)11-5-6-14-8-11/h2-6,8H,7,13H2,1H3. The molecule has 0 atom stereocenters. The van der Waals surface area contributed by atoms with Crippen molar-refractivity contribution in [3.63, 3.8) is 0 Å². The van der Waals surface area contributed by atoms with E-state index < -0.39 is 0 Å². The van der Waals surface area contributed by atoms with Crippen molar-refractivity contribution in [2.45, 2.75) is 13.5 Å². The molecule has 0 amide bonds. The van der Waals surface area contributed by atoms with Crippen LogP contribution in [0.15, 0.2) is 35.0 Å². The van der Waals surface area contributed by atoms with Crippen molar-refractivity contribution in [3.8, 4) is 11.1 Å². The zero-order chi connectivity index (χ0) is 9.97. The quantitative estimate of drug-likeness (QED) is 0.797. The molecule has 0 radical (unpaired) electrons. The maximum Gasteiger partial charge on any atom is 0.0184 e. The van der Waals surface area contributed by atoms with Crippen LogP contribution in [0.5, 0.6) is 0 Å². The molecule has 2 N–H and O–H groups in total. The molecule has 0 spiro atoms. The SMILES string of the molecule is Cc1cccc(CN)c1-c1ccsc1. The third-order valence-corrected chi connectivity index (χ3v) is 3.07. The van der Waals surface area contributed by atoms with Crippen LogP contribution in [0.25, 0.3) is 11.1 Å². The highest BCUT2D eigenvalue weighted by Gasteiger charge is 2.06. The molecule has 2 rings (SSSR count). The van der Waals surface area contributed by atoms with Gasteiger partial charge in [0, 0.05) is 6.54 Å². The van der Waals surface area contributed by atoms with E-state index in [9.17, 15) is 0 Å². The molecule has 0 aliphatic carbocycles. The Morgan fingerprint density at radius 1 is 1.29 bits per heavy atom. The minimum atomic E-state index is 0.604. The number of aryl methyl sites for hydroxylation is 1. The second-order valence-corrected chi connectivity index (χ2v) is 4.11. The Bertz CT molecular complexity index is 418. The van der Waals surface area contributed by atoms with Gasteiger partial charge in [0.2, 0.25) is 0 Å². The lowest BCUT2D eigenvalue weighted by atomic mass is 9.97. The highest BCUT2D eigenvalue weighted by molar-refractivity contribution is 7.08. The zero-order valence-electron chi connectivity index (χ0n) is 8.16. The molecule has 1 aromatic heterocycles. The first-order valence-corrected chi connectivity index (χ1v) is 5.58. The van der Waals surface area contributed by atoms with Gasteiger partial charge >= 0.3 is 0 Å². The van der Waals surface area contributed by atoms with E-state index in [0.717, 1.165) is 0 Å². The van der Waals surface area contributed by atoms with Crippen molar-refractivity contribution in [1.82, 2.24) is 0 Å². The van der Waals surface area contributed by atoms with Gasteiger partial charge in [-0.1, -0.05) is 18.2 Å². The van der Waals surface area contributed by atoms with Gasteiger partial charge in [-0.25, -0.2) is 0 Å². The van der Waals surface area contributed by atoms with Crippen LogP contribution in [0.1, 0.15) is 11.1 Å². The molecule has 1 heterocycles. The largest absolute Gasteiger partial charge is 0.326 e. The van der Waals surface area contributed by atoms with Crippen molar-refractivity contribution in [2.75, 3.05) is 0 Å². The molecule has 2 aromatic rings. The average Bonchev–Trinajstić information content (AvgIpc) is 2.70. The molecule has 0 saturated heterocycles. The van der Waals surface area contributed by atoms with Crippen molar-refractivity contribution in [2.24, 2.45) is 5.73 Å². The Labute approximate surface area is 88.2 Å². The van der Waals surface area contributed by atoms with Crippen molar-refractivity contribution in [1.29, 1.82) is 0 Å². The van der Waals surface area contributed by atoms with E-state index in [4.69, 9.17) is 5.73 Å². The molecule has 0 fully saturated rings. The Morgan fingerprint density at radius 3 is 2.79 bits per heavy atom. The number of rotatable bonds is 2. The molecular formula is C12H13NS. The molecular weight excluding hydrogens is 190 g/mol. The Hall–Kier alpha value is -1.12. The molecule has 0 aliphatic rings. The van der Waals surface area contributed by atoms with Gasteiger partial charge in [0.25, 0.3) is 0 Å². The number of hydrogen-bond acceptors (Lipinski definition) is 2. The summed E-state index contributed by atoms with van der Waals surface area (Å²) in [5, 5.41) is 4.27. The van der Waals surface area contributed by atoms with Gasteiger partial charge in [0.15, 0.2) is 0 Å². The Kier molecular flexibility index (Phi) is 2.66.